The molecule has 24 heavy (non-hydrogen) atoms. The van der Waals surface area contributed by atoms with Crippen molar-refractivity contribution in [1.29, 1.82) is 5.26 Å². The summed E-state index contributed by atoms with van der Waals surface area (Å²) in [6.07, 6.45) is 2.28. The SMILES string of the molecule is N#Cc1ccccc1CNc1cccc(-c2nnnn2C2CC2)c1. The zero-order chi connectivity index (χ0) is 16.4. The molecule has 0 atom stereocenters. The Morgan fingerprint density at radius 3 is 2.88 bits per heavy atom. The molecule has 1 aromatic heterocycles. The fraction of sp³-hybridized carbons (Fsp3) is 0.222. The molecule has 6 nitrogen and oxygen atoms in total. The monoisotopic (exact) mass is 316 g/mol. The number of rotatable bonds is 5. The molecule has 0 aliphatic heterocycles. The normalized spacial score (nSPS) is 13.5. The Morgan fingerprint density at radius 2 is 2.04 bits per heavy atom. The minimum atomic E-state index is 0.439. The molecule has 2 aromatic carbocycles. The summed E-state index contributed by atoms with van der Waals surface area (Å²) >= 11 is 0. The van der Waals surface area contributed by atoms with Gasteiger partial charge in [0.05, 0.1) is 17.7 Å². The van der Waals surface area contributed by atoms with Gasteiger partial charge in [-0.05, 0) is 47.0 Å². The summed E-state index contributed by atoms with van der Waals surface area (Å²) in [6.45, 7) is 0.598. The number of nitrogens with one attached hydrogen (secondary N) is 1. The summed E-state index contributed by atoms with van der Waals surface area (Å²) in [7, 11) is 0. The molecule has 0 radical (unpaired) electrons. The molecular formula is C18H16N6. The molecule has 1 aliphatic carbocycles. The summed E-state index contributed by atoms with van der Waals surface area (Å²) in [5, 5.41) is 24.6. The number of nitriles is 1. The molecule has 0 saturated heterocycles. The summed E-state index contributed by atoms with van der Waals surface area (Å²) < 4.78 is 1.91. The second-order valence-corrected chi connectivity index (χ2v) is 5.88. The van der Waals surface area contributed by atoms with Gasteiger partial charge in [-0.15, -0.1) is 5.10 Å². The van der Waals surface area contributed by atoms with E-state index in [0.29, 0.717) is 18.2 Å². The molecule has 1 N–H and O–H groups in total. The van der Waals surface area contributed by atoms with E-state index in [1.807, 2.05) is 53.2 Å². The number of anilines is 1. The Labute approximate surface area is 139 Å². The van der Waals surface area contributed by atoms with Gasteiger partial charge in [-0.1, -0.05) is 30.3 Å². The Hall–Kier alpha value is -3.20. The Bertz CT molecular complexity index is 904. The van der Waals surface area contributed by atoms with Crippen molar-refractivity contribution in [1.82, 2.24) is 20.2 Å². The van der Waals surface area contributed by atoms with E-state index in [2.05, 4.69) is 26.9 Å². The van der Waals surface area contributed by atoms with Crippen LogP contribution in [0.15, 0.2) is 48.5 Å². The van der Waals surface area contributed by atoms with E-state index in [1.54, 1.807) is 0 Å². The highest BCUT2D eigenvalue weighted by Gasteiger charge is 2.28. The third kappa shape index (κ3) is 2.84. The van der Waals surface area contributed by atoms with Gasteiger partial charge in [-0.25, -0.2) is 4.68 Å². The van der Waals surface area contributed by atoms with E-state index in [9.17, 15) is 5.26 Å². The third-order valence-corrected chi connectivity index (χ3v) is 4.13. The summed E-state index contributed by atoms with van der Waals surface area (Å²) in [6, 6.07) is 18.3. The molecule has 6 heteroatoms. The molecule has 4 rings (SSSR count). The average Bonchev–Trinajstić information content (AvgIpc) is 3.37. The lowest BCUT2D eigenvalue weighted by atomic mass is 10.1. The standard InChI is InChI=1S/C18H16N6/c19-11-14-4-1-2-5-15(14)12-20-16-7-3-6-13(10-16)18-21-22-23-24(18)17-8-9-17/h1-7,10,17,20H,8-9,12H2. The van der Waals surface area contributed by atoms with Gasteiger partial charge in [0.2, 0.25) is 0 Å². The highest BCUT2D eigenvalue weighted by Crippen LogP contribution is 2.36. The summed E-state index contributed by atoms with van der Waals surface area (Å²) in [4.78, 5) is 0. The Morgan fingerprint density at radius 1 is 1.17 bits per heavy atom. The number of aromatic nitrogens is 4. The van der Waals surface area contributed by atoms with Gasteiger partial charge >= 0.3 is 0 Å². The van der Waals surface area contributed by atoms with Crippen molar-refractivity contribution in [2.45, 2.75) is 25.4 Å². The van der Waals surface area contributed by atoms with Crippen molar-refractivity contribution in [3.63, 3.8) is 0 Å². The fourth-order valence-electron chi connectivity index (χ4n) is 2.70. The van der Waals surface area contributed by atoms with Crippen LogP contribution in [-0.2, 0) is 6.54 Å². The minimum Gasteiger partial charge on any atom is -0.381 e. The zero-order valence-corrected chi connectivity index (χ0v) is 13.1. The fourth-order valence-corrected chi connectivity index (χ4v) is 2.70. The predicted octanol–water partition coefficient (Wildman–Crippen LogP) is 3.16. The van der Waals surface area contributed by atoms with Crippen molar-refractivity contribution < 1.29 is 0 Å². The van der Waals surface area contributed by atoms with Gasteiger partial charge < -0.3 is 5.32 Å². The van der Waals surface area contributed by atoms with E-state index in [-0.39, 0.29) is 0 Å². The van der Waals surface area contributed by atoms with E-state index in [1.165, 1.54) is 0 Å². The molecule has 3 aromatic rings. The van der Waals surface area contributed by atoms with Crippen molar-refractivity contribution in [3.05, 3.63) is 59.7 Å². The van der Waals surface area contributed by atoms with Crippen molar-refractivity contribution in [2.75, 3.05) is 5.32 Å². The van der Waals surface area contributed by atoms with Crippen molar-refractivity contribution >= 4 is 5.69 Å². The number of hydrogen-bond acceptors (Lipinski definition) is 5. The molecule has 118 valence electrons. The molecule has 0 bridgehead atoms. The van der Waals surface area contributed by atoms with Gasteiger partial charge in [0, 0.05) is 17.8 Å². The number of hydrogen-bond donors (Lipinski definition) is 1. The molecule has 0 unspecified atom stereocenters. The first-order valence-corrected chi connectivity index (χ1v) is 7.95. The van der Waals surface area contributed by atoms with Crippen LogP contribution >= 0.6 is 0 Å². The van der Waals surface area contributed by atoms with Crippen LogP contribution in [-0.4, -0.2) is 20.2 Å². The van der Waals surface area contributed by atoms with Gasteiger partial charge in [-0.3, -0.25) is 0 Å². The molecule has 1 fully saturated rings. The lowest BCUT2D eigenvalue weighted by Crippen LogP contribution is -2.03. The van der Waals surface area contributed by atoms with Crippen molar-refractivity contribution in [2.24, 2.45) is 0 Å². The first-order chi connectivity index (χ1) is 11.8. The van der Waals surface area contributed by atoms with Gasteiger partial charge in [0.15, 0.2) is 5.82 Å². The van der Waals surface area contributed by atoms with Gasteiger partial charge in [0.1, 0.15) is 0 Å². The minimum absolute atomic E-state index is 0.439. The summed E-state index contributed by atoms with van der Waals surface area (Å²) in [5.41, 5.74) is 3.64. The molecule has 1 heterocycles. The molecule has 1 saturated carbocycles. The quantitative estimate of drug-likeness (QED) is 0.782. The Kier molecular flexibility index (Phi) is 3.67. The molecular weight excluding hydrogens is 300 g/mol. The Balaban J connectivity index is 1.55. The maximum Gasteiger partial charge on any atom is 0.182 e. The van der Waals surface area contributed by atoms with Crippen LogP contribution in [0.4, 0.5) is 5.69 Å². The topological polar surface area (TPSA) is 79.4 Å². The number of tetrazole rings is 1. The van der Waals surface area contributed by atoms with Crippen LogP contribution in [0.25, 0.3) is 11.4 Å². The van der Waals surface area contributed by atoms with Crippen LogP contribution in [0.2, 0.25) is 0 Å². The first kappa shape index (κ1) is 14.4. The van der Waals surface area contributed by atoms with Crippen LogP contribution in [0.1, 0.15) is 30.0 Å². The largest absolute Gasteiger partial charge is 0.381 e. The highest BCUT2D eigenvalue weighted by atomic mass is 15.6. The number of benzene rings is 2. The molecule has 1 aliphatic rings. The van der Waals surface area contributed by atoms with Gasteiger partial charge in [0.25, 0.3) is 0 Å². The van der Waals surface area contributed by atoms with E-state index >= 15 is 0 Å². The maximum absolute atomic E-state index is 9.17. The van der Waals surface area contributed by atoms with Crippen LogP contribution in [0.5, 0.6) is 0 Å². The molecule has 0 spiro atoms. The lowest BCUT2D eigenvalue weighted by molar-refractivity contribution is 0.615. The van der Waals surface area contributed by atoms with Crippen LogP contribution < -0.4 is 5.32 Å². The number of nitrogens with zero attached hydrogens (tertiary/aromatic N) is 5. The second-order valence-electron chi connectivity index (χ2n) is 5.88. The first-order valence-electron chi connectivity index (χ1n) is 7.95. The summed E-state index contributed by atoms with van der Waals surface area (Å²) in [5.74, 6) is 0.804. The van der Waals surface area contributed by atoms with Crippen molar-refractivity contribution in [3.8, 4) is 17.5 Å². The van der Waals surface area contributed by atoms with E-state index in [0.717, 1.165) is 35.5 Å². The third-order valence-electron chi connectivity index (χ3n) is 4.13. The second kappa shape index (κ2) is 6.13. The van der Waals surface area contributed by atoms with Crippen LogP contribution in [0.3, 0.4) is 0 Å². The highest BCUT2D eigenvalue weighted by molar-refractivity contribution is 5.62. The maximum atomic E-state index is 9.17. The smallest absolute Gasteiger partial charge is 0.182 e. The average molecular weight is 316 g/mol. The lowest BCUT2D eigenvalue weighted by Gasteiger charge is -2.09. The van der Waals surface area contributed by atoms with Crippen LogP contribution in [0, 0.1) is 11.3 Å². The molecule has 0 amide bonds. The van der Waals surface area contributed by atoms with E-state index in [4.69, 9.17) is 0 Å². The van der Waals surface area contributed by atoms with E-state index < -0.39 is 0 Å². The van der Waals surface area contributed by atoms with Gasteiger partial charge in [-0.2, -0.15) is 5.26 Å². The predicted molar refractivity (Wildman–Crippen MR) is 90.0 cm³/mol. The zero-order valence-electron chi connectivity index (χ0n) is 13.1.